The third-order valence-corrected chi connectivity index (χ3v) is 1.78. The van der Waals surface area contributed by atoms with Gasteiger partial charge in [0, 0.05) is 6.07 Å². The van der Waals surface area contributed by atoms with Gasteiger partial charge in [-0.15, -0.1) is 13.2 Å². The van der Waals surface area contributed by atoms with Crippen LogP contribution in [-0.4, -0.2) is 11.3 Å². The van der Waals surface area contributed by atoms with E-state index >= 15 is 0 Å². The monoisotopic (exact) mass is 297 g/mol. The highest BCUT2D eigenvalue weighted by Crippen LogP contribution is 2.33. The average molecular weight is 297 g/mol. The Bertz CT molecular complexity index is 515. The van der Waals surface area contributed by atoms with E-state index in [1.165, 1.54) is 0 Å². The van der Waals surface area contributed by atoms with Crippen LogP contribution in [0.4, 0.5) is 35.1 Å². The third kappa shape index (κ3) is 3.83. The van der Waals surface area contributed by atoms with Crippen molar-refractivity contribution in [2.75, 3.05) is 0 Å². The smallest absolute Gasteiger partial charge is 0.389 e. The van der Waals surface area contributed by atoms with Gasteiger partial charge in [-0.25, -0.2) is 8.78 Å². The van der Waals surface area contributed by atoms with Gasteiger partial charge in [-0.2, -0.15) is 13.2 Å². The molecule has 1 aromatic heterocycles. The Morgan fingerprint density at radius 3 is 2.00 bits per heavy atom. The standard InChI is InChI=1S/C8H3F8NO2/c9-5(10)4-2(18)1-3(7(11,12)13)17-6(4)19-8(14,15)16/h1,5H,(H,17,18). The number of hydrogen-bond acceptors (Lipinski definition) is 2. The molecule has 19 heavy (non-hydrogen) atoms. The molecule has 108 valence electrons. The van der Waals surface area contributed by atoms with Gasteiger partial charge in [0.25, 0.3) is 6.43 Å². The first kappa shape index (κ1) is 15.2. The van der Waals surface area contributed by atoms with Gasteiger partial charge in [0.1, 0.15) is 11.3 Å². The van der Waals surface area contributed by atoms with Gasteiger partial charge >= 0.3 is 12.5 Å². The Morgan fingerprint density at radius 2 is 1.63 bits per heavy atom. The number of pyridine rings is 1. The molecule has 1 heterocycles. The van der Waals surface area contributed by atoms with Gasteiger partial charge in [0.05, 0.1) is 0 Å². The van der Waals surface area contributed by atoms with Crippen LogP contribution in [-0.2, 0) is 6.18 Å². The summed E-state index contributed by atoms with van der Waals surface area (Å²) in [6.45, 7) is 0. The first-order valence-corrected chi connectivity index (χ1v) is 4.30. The molecular formula is C8H3F8NO2. The molecule has 1 rings (SSSR count). The van der Waals surface area contributed by atoms with Crippen molar-refractivity contribution in [2.24, 2.45) is 0 Å². The van der Waals surface area contributed by atoms with Crippen LogP contribution in [0.15, 0.2) is 10.9 Å². The van der Waals surface area contributed by atoms with E-state index in [0.717, 1.165) is 4.98 Å². The molecule has 0 aliphatic rings. The number of rotatable bonds is 2. The second-order valence-electron chi connectivity index (χ2n) is 3.14. The predicted octanol–water partition coefficient (Wildman–Crippen LogP) is 3.23. The topological polar surface area (TPSA) is 42.1 Å². The summed E-state index contributed by atoms with van der Waals surface area (Å²) < 4.78 is 99.9. The van der Waals surface area contributed by atoms with Crippen molar-refractivity contribution < 1.29 is 39.9 Å². The van der Waals surface area contributed by atoms with Crippen molar-refractivity contribution in [3.8, 4) is 5.88 Å². The molecule has 0 bridgehead atoms. The Balaban J connectivity index is 3.47. The van der Waals surface area contributed by atoms with E-state index in [4.69, 9.17) is 0 Å². The molecule has 0 saturated heterocycles. The summed E-state index contributed by atoms with van der Waals surface area (Å²) in [6.07, 6.45) is -14.5. The maximum absolute atomic E-state index is 12.3. The average Bonchev–Trinajstić information content (AvgIpc) is 2.11. The minimum absolute atomic E-state index is 0.273. The van der Waals surface area contributed by atoms with Crippen LogP contribution in [0.2, 0.25) is 0 Å². The zero-order chi connectivity index (χ0) is 15.0. The fourth-order valence-electron chi connectivity index (χ4n) is 1.10. The van der Waals surface area contributed by atoms with E-state index in [-0.39, 0.29) is 6.07 Å². The number of alkyl halides is 8. The molecule has 0 spiro atoms. The molecule has 3 nitrogen and oxygen atoms in total. The van der Waals surface area contributed by atoms with Crippen LogP contribution in [0.3, 0.4) is 0 Å². The largest absolute Gasteiger partial charge is 0.574 e. The fraction of sp³-hybridized carbons (Fsp3) is 0.375. The van der Waals surface area contributed by atoms with Crippen molar-refractivity contribution in [1.82, 2.24) is 4.98 Å². The number of aromatic nitrogens is 1. The van der Waals surface area contributed by atoms with Crippen molar-refractivity contribution in [2.45, 2.75) is 19.0 Å². The molecular weight excluding hydrogens is 294 g/mol. The van der Waals surface area contributed by atoms with Gasteiger partial charge in [0.2, 0.25) is 5.88 Å². The predicted molar refractivity (Wildman–Crippen MR) is 43.7 cm³/mol. The SMILES string of the molecule is O=c1cc(C(F)(F)F)[nH]c(OC(F)(F)F)c1C(F)F. The zero-order valence-electron chi connectivity index (χ0n) is 8.49. The lowest BCUT2D eigenvalue weighted by Gasteiger charge is -2.14. The van der Waals surface area contributed by atoms with Crippen LogP contribution in [0, 0.1) is 0 Å². The zero-order valence-corrected chi connectivity index (χ0v) is 8.49. The summed E-state index contributed by atoms with van der Waals surface area (Å²) in [5.74, 6) is -1.98. The normalized spacial score (nSPS) is 12.9. The Hall–Kier alpha value is -1.81. The maximum atomic E-state index is 12.3. The van der Waals surface area contributed by atoms with Crippen molar-refractivity contribution in [1.29, 1.82) is 0 Å². The second-order valence-corrected chi connectivity index (χ2v) is 3.14. The van der Waals surface area contributed by atoms with Crippen LogP contribution in [0.5, 0.6) is 5.88 Å². The molecule has 0 saturated carbocycles. The number of nitrogens with one attached hydrogen (secondary N) is 1. The highest BCUT2D eigenvalue weighted by Gasteiger charge is 2.38. The minimum Gasteiger partial charge on any atom is -0.389 e. The van der Waals surface area contributed by atoms with E-state index < -0.39 is 41.5 Å². The summed E-state index contributed by atoms with van der Waals surface area (Å²) in [7, 11) is 0. The quantitative estimate of drug-likeness (QED) is 0.852. The minimum atomic E-state index is -5.53. The van der Waals surface area contributed by atoms with Crippen molar-refractivity contribution >= 4 is 0 Å². The molecule has 0 amide bonds. The van der Waals surface area contributed by atoms with Gasteiger partial charge in [-0.3, -0.25) is 4.79 Å². The summed E-state index contributed by atoms with van der Waals surface area (Å²) in [5.41, 5.74) is -5.67. The lowest BCUT2D eigenvalue weighted by atomic mass is 10.2. The molecule has 0 unspecified atom stereocenters. The summed E-state index contributed by atoms with van der Waals surface area (Å²) in [6, 6.07) is -0.273. The highest BCUT2D eigenvalue weighted by molar-refractivity contribution is 5.30. The first-order valence-electron chi connectivity index (χ1n) is 4.30. The number of ether oxygens (including phenoxy) is 1. The summed E-state index contributed by atoms with van der Waals surface area (Å²) in [4.78, 5) is 12.0. The number of halogens is 8. The lowest BCUT2D eigenvalue weighted by molar-refractivity contribution is -0.277. The van der Waals surface area contributed by atoms with Crippen LogP contribution < -0.4 is 10.2 Å². The third-order valence-electron chi connectivity index (χ3n) is 1.78. The second kappa shape index (κ2) is 4.70. The Morgan fingerprint density at radius 1 is 1.11 bits per heavy atom. The molecule has 0 atom stereocenters. The molecule has 0 aromatic carbocycles. The number of H-pyrrole nitrogens is 1. The van der Waals surface area contributed by atoms with Crippen LogP contribution >= 0.6 is 0 Å². The van der Waals surface area contributed by atoms with E-state index in [0.29, 0.717) is 0 Å². The Labute approximate surface area is 98.3 Å². The Kier molecular flexibility index (Phi) is 3.77. The summed E-state index contributed by atoms with van der Waals surface area (Å²) in [5, 5.41) is 0. The van der Waals surface area contributed by atoms with Crippen LogP contribution in [0.25, 0.3) is 0 Å². The molecule has 0 radical (unpaired) electrons. The van der Waals surface area contributed by atoms with Crippen LogP contribution in [0.1, 0.15) is 17.7 Å². The van der Waals surface area contributed by atoms with E-state index in [1.807, 2.05) is 0 Å². The molecule has 1 N–H and O–H groups in total. The maximum Gasteiger partial charge on any atom is 0.574 e. The lowest BCUT2D eigenvalue weighted by Crippen LogP contribution is -2.24. The molecule has 11 heteroatoms. The molecule has 1 aromatic rings. The summed E-state index contributed by atoms with van der Waals surface area (Å²) >= 11 is 0. The molecule has 0 fully saturated rings. The van der Waals surface area contributed by atoms with E-state index in [1.54, 1.807) is 0 Å². The fourth-order valence-corrected chi connectivity index (χ4v) is 1.10. The number of hydrogen-bond donors (Lipinski definition) is 1. The van der Waals surface area contributed by atoms with Gasteiger partial charge in [-0.1, -0.05) is 0 Å². The van der Waals surface area contributed by atoms with E-state index in [2.05, 4.69) is 4.74 Å². The van der Waals surface area contributed by atoms with Gasteiger partial charge in [-0.05, 0) is 0 Å². The molecule has 0 aliphatic heterocycles. The van der Waals surface area contributed by atoms with Crippen molar-refractivity contribution in [3.05, 3.63) is 27.5 Å². The van der Waals surface area contributed by atoms with Gasteiger partial charge < -0.3 is 9.72 Å². The number of aromatic amines is 1. The molecule has 0 aliphatic carbocycles. The highest BCUT2D eigenvalue weighted by atomic mass is 19.4. The van der Waals surface area contributed by atoms with Gasteiger partial charge in [0.15, 0.2) is 5.43 Å². The first-order chi connectivity index (χ1) is 8.42. The van der Waals surface area contributed by atoms with E-state index in [9.17, 15) is 39.9 Å². The van der Waals surface area contributed by atoms with Crippen molar-refractivity contribution in [3.63, 3.8) is 0 Å².